The predicted octanol–water partition coefficient (Wildman–Crippen LogP) is 2.45. The summed E-state index contributed by atoms with van der Waals surface area (Å²) in [6.45, 7) is 12.3. The van der Waals surface area contributed by atoms with Crippen LogP contribution in [0.3, 0.4) is 0 Å². The van der Waals surface area contributed by atoms with E-state index in [4.69, 9.17) is 9.47 Å². The molecule has 0 unspecified atom stereocenters. The molecule has 0 saturated heterocycles. The van der Waals surface area contributed by atoms with Crippen LogP contribution in [0.1, 0.15) is 46.6 Å². The number of nitrogens with one attached hydrogen (secondary N) is 3. The topological polar surface area (TPSA) is 96.9 Å². The molecule has 0 aliphatic rings. The highest BCUT2D eigenvalue weighted by Crippen LogP contribution is 2.15. The molecule has 1 heterocycles. The van der Waals surface area contributed by atoms with Crippen molar-refractivity contribution in [2.24, 2.45) is 4.99 Å². The summed E-state index contributed by atoms with van der Waals surface area (Å²) < 4.78 is 10.9. The first-order valence-electron chi connectivity index (χ1n) is 9.41. The molecule has 0 aromatic carbocycles. The maximum atomic E-state index is 11.6. The van der Waals surface area contributed by atoms with E-state index in [-0.39, 0.29) is 0 Å². The van der Waals surface area contributed by atoms with Gasteiger partial charge in [0.2, 0.25) is 5.88 Å². The molecule has 0 atom stereocenters. The van der Waals surface area contributed by atoms with Gasteiger partial charge in [0.1, 0.15) is 5.60 Å². The van der Waals surface area contributed by atoms with Crippen molar-refractivity contribution in [3.8, 4) is 5.88 Å². The van der Waals surface area contributed by atoms with Crippen molar-refractivity contribution in [2.75, 3.05) is 26.2 Å². The van der Waals surface area contributed by atoms with Crippen molar-refractivity contribution in [3.63, 3.8) is 0 Å². The van der Waals surface area contributed by atoms with Crippen LogP contribution in [-0.4, -0.2) is 48.9 Å². The fraction of sp³-hybridized carbons (Fsp3) is 0.632. The van der Waals surface area contributed by atoms with E-state index in [1.54, 1.807) is 6.20 Å². The lowest BCUT2D eigenvalue weighted by Gasteiger charge is -2.20. The maximum absolute atomic E-state index is 11.6. The van der Waals surface area contributed by atoms with Gasteiger partial charge in [0.15, 0.2) is 5.96 Å². The average Bonchev–Trinajstić information content (AvgIpc) is 2.60. The van der Waals surface area contributed by atoms with Crippen molar-refractivity contribution in [1.82, 2.24) is 20.9 Å². The fourth-order valence-electron chi connectivity index (χ4n) is 2.04. The molecule has 0 saturated carbocycles. The summed E-state index contributed by atoms with van der Waals surface area (Å²) in [5.74, 6) is 1.28. The Labute approximate surface area is 162 Å². The number of ether oxygens (including phenoxy) is 2. The molecule has 1 aromatic rings. The second-order valence-corrected chi connectivity index (χ2v) is 6.87. The van der Waals surface area contributed by atoms with Gasteiger partial charge in [-0.2, -0.15) is 0 Å². The summed E-state index contributed by atoms with van der Waals surface area (Å²) in [4.78, 5) is 20.5. The number of pyridine rings is 1. The number of hydrogen-bond acceptors (Lipinski definition) is 5. The van der Waals surface area contributed by atoms with Gasteiger partial charge in [0, 0.05) is 31.4 Å². The molecule has 0 spiro atoms. The molecule has 1 rings (SSSR count). The molecule has 0 aliphatic carbocycles. The molecule has 0 fully saturated rings. The molecule has 152 valence electrons. The van der Waals surface area contributed by atoms with Crippen molar-refractivity contribution in [2.45, 2.75) is 53.2 Å². The Hall–Kier alpha value is -2.51. The van der Waals surface area contributed by atoms with Gasteiger partial charge in [0.05, 0.1) is 13.2 Å². The van der Waals surface area contributed by atoms with Crippen molar-refractivity contribution in [3.05, 3.63) is 23.9 Å². The van der Waals surface area contributed by atoms with Crippen molar-refractivity contribution in [1.29, 1.82) is 0 Å². The van der Waals surface area contributed by atoms with Crippen LogP contribution >= 0.6 is 0 Å². The highest BCUT2D eigenvalue weighted by atomic mass is 16.6. The summed E-state index contributed by atoms with van der Waals surface area (Å²) in [6, 6.07) is 3.82. The molecule has 0 bridgehead atoms. The molecule has 8 nitrogen and oxygen atoms in total. The number of amides is 1. The Morgan fingerprint density at radius 3 is 2.59 bits per heavy atom. The third-order valence-electron chi connectivity index (χ3n) is 3.13. The van der Waals surface area contributed by atoms with Crippen LogP contribution in [0.2, 0.25) is 0 Å². The van der Waals surface area contributed by atoms with Gasteiger partial charge in [0.25, 0.3) is 0 Å². The number of guanidine groups is 1. The Balaban J connectivity index is 2.52. The lowest BCUT2D eigenvalue weighted by atomic mass is 10.2. The van der Waals surface area contributed by atoms with Gasteiger partial charge < -0.3 is 25.4 Å². The number of hydrogen-bond donors (Lipinski definition) is 3. The molecular formula is C19H33N5O3. The lowest BCUT2D eigenvalue weighted by Crippen LogP contribution is -2.42. The van der Waals surface area contributed by atoms with Crippen LogP contribution in [0.4, 0.5) is 4.79 Å². The zero-order valence-corrected chi connectivity index (χ0v) is 17.1. The molecule has 0 radical (unpaired) electrons. The molecule has 3 N–H and O–H groups in total. The number of carbonyl (C=O) groups excluding carboxylic acids is 1. The van der Waals surface area contributed by atoms with Crippen molar-refractivity contribution >= 4 is 12.1 Å². The molecular weight excluding hydrogens is 346 g/mol. The largest absolute Gasteiger partial charge is 0.477 e. The monoisotopic (exact) mass is 379 g/mol. The van der Waals surface area contributed by atoms with E-state index in [0.29, 0.717) is 38.1 Å². The van der Waals surface area contributed by atoms with E-state index >= 15 is 0 Å². The van der Waals surface area contributed by atoms with Crippen LogP contribution in [0, 0.1) is 0 Å². The zero-order valence-electron chi connectivity index (χ0n) is 17.1. The third-order valence-corrected chi connectivity index (χ3v) is 3.13. The van der Waals surface area contributed by atoms with Gasteiger partial charge in [-0.05, 0) is 40.2 Å². The molecule has 27 heavy (non-hydrogen) atoms. The SMILES string of the molecule is CCCOc1ncccc1CN=C(NCC)NCCNC(=O)OC(C)(C)C. The van der Waals surface area contributed by atoms with Gasteiger partial charge in [-0.3, -0.25) is 0 Å². The molecule has 0 aliphatic heterocycles. The van der Waals surface area contributed by atoms with Crippen LogP contribution in [0.15, 0.2) is 23.3 Å². The van der Waals surface area contributed by atoms with Crippen LogP contribution < -0.4 is 20.7 Å². The highest BCUT2D eigenvalue weighted by Gasteiger charge is 2.15. The first kappa shape index (κ1) is 22.5. The second kappa shape index (κ2) is 12.0. The Morgan fingerprint density at radius 1 is 1.19 bits per heavy atom. The minimum Gasteiger partial charge on any atom is -0.477 e. The lowest BCUT2D eigenvalue weighted by molar-refractivity contribution is 0.0529. The van der Waals surface area contributed by atoms with Crippen molar-refractivity contribution < 1.29 is 14.3 Å². The molecule has 8 heteroatoms. The Bertz CT molecular complexity index is 599. The van der Waals surface area contributed by atoms with Gasteiger partial charge in [-0.15, -0.1) is 0 Å². The zero-order chi connectivity index (χ0) is 20.1. The average molecular weight is 380 g/mol. The summed E-state index contributed by atoms with van der Waals surface area (Å²) in [6.07, 6.45) is 2.21. The van der Waals surface area contributed by atoms with E-state index in [1.807, 2.05) is 39.8 Å². The Morgan fingerprint density at radius 2 is 1.93 bits per heavy atom. The highest BCUT2D eigenvalue weighted by molar-refractivity contribution is 5.79. The first-order valence-corrected chi connectivity index (χ1v) is 9.41. The van der Waals surface area contributed by atoms with Gasteiger partial charge in [-0.1, -0.05) is 13.0 Å². The van der Waals surface area contributed by atoms with E-state index in [2.05, 4.69) is 32.9 Å². The third kappa shape index (κ3) is 10.3. The summed E-state index contributed by atoms with van der Waals surface area (Å²) in [5.41, 5.74) is 0.421. The number of rotatable bonds is 9. The van der Waals surface area contributed by atoms with E-state index in [9.17, 15) is 4.79 Å². The fourth-order valence-corrected chi connectivity index (χ4v) is 2.04. The second-order valence-electron chi connectivity index (χ2n) is 6.87. The van der Waals surface area contributed by atoms with Crippen LogP contribution in [0.5, 0.6) is 5.88 Å². The normalized spacial score (nSPS) is 11.7. The first-order chi connectivity index (χ1) is 12.9. The maximum Gasteiger partial charge on any atom is 0.407 e. The van der Waals surface area contributed by atoms with Gasteiger partial charge in [-0.25, -0.2) is 14.8 Å². The van der Waals surface area contributed by atoms with Crippen LogP contribution in [-0.2, 0) is 11.3 Å². The summed E-state index contributed by atoms with van der Waals surface area (Å²) >= 11 is 0. The molecule has 1 aromatic heterocycles. The van der Waals surface area contributed by atoms with E-state index in [1.165, 1.54) is 0 Å². The number of alkyl carbamates (subject to hydrolysis) is 1. The minimum absolute atomic E-state index is 0.428. The van der Waals surface area contributed by atoms with E-state index in [0.717, 1.165) is 18.5 Å². The molecule has 1 amide bonds. The number of carbonyl (C=O) groups is 1. The number of aliphatic imine (C=N–C) groups is 1. The number of nitrogens with zero attached hydrogens (tertiary/aromatic N) is 2. The predicted molar refractivity (Wildman–Crippen MR) is 107 cm³/mol. The summed E-state index contributed by atoms with van der Waals surface area (Å²) in [5, 5.41) is 9.06. The van der Waals surface area contributed by atoms with Crippen LogP contribution in [0.25, 0.3) is 0 Å². The smallest absolute Gasteiger partial charge is 0.407 e. The van der Waals surface area contributed by atoms with Gasteiger partial charge >= 0.3 is 6.09 Å². The van der Waals surface area contributed by atoms with E-state index < -0.39 is 11.7 Å². The number of aromatic nitrogens is 1. The minimum atomic E-state index is -0.505. The quantitative estimate of drug-likeness (QED) is 0.346. The summed E-state index contributed by atoms with van der Waals surface area (Å²) in [7, 11) is 0. The standard InChI is InChI=1S/C19H33N5O3/c1-6-13-26-16-15(9-8-10-21-16)14-24-17(20-7-2)22-11-12-23-18(25)27-19(3,4)5/h8-10H,6-7,11-14H2,1-5H3,(H,23,25)(H2,20,22,24). The Kier molecular flexibility index (Phi) is 10.00.